The van der Waals surface area contributed by atoms with Crippen LogP contribution in [0.3, 0.4) is 0 Å². The summed E-state index contributed by atoms with van der Waals surface area (Å²) in [5, 5.41) is 10.1. The van der Waals surface area contributed by atoms with Crippen LogP contribution in [0, 0.1) is 5.92 Å². The summed E-state index contributed by atoms with van der Waals surface area (Å²) >= 11 is 0. The van der Waals surface area contributed by atoms with Crippen LogP contribution in [0.25, 0.3) is 0 Å². The first-order chi connectivity index (χ1) is 10.2. The van der Waals surface area contributed by atoms with Gasteiger partial charge in [0.05, 0.1) is 6.10 Å². The lowest BCUT2D eigenvalue weighted by Crippen LogP contribution is -2.45. The molecule has 3 nitrogen and oxygen atoms in total. The van der Waals surface area contributed by atoms with Crippen molar-refractivity contribution in [2.24, 2.45) is 5.92 Å². The maximum absolute atomic E-state index is 10.1. The Labute approximate surface area is 130 Å². The molecule has 0 spiro atoms. The second kappa shape index (κ2) is 11.2. The molecule has 1 aliphatic heterocycles. The predicted octanol–water partition coefficient (Wildman–Crippen LogP) is 4.44. The van der Waals surface area contributed by atoms with Gasteiger partial charge in [0.15, 0.2) is 6.29 Å². The van der Waals surface area contributed by atoms with E-state index in [0.29, 0.717) is 12.5 Å². The Balaban J connectivity index is 2.22. The fourth-order valence-electron chi connectivity index (χ4n) is 2.83. The number of aliphatic hydroxyl groups excluding tert-OH is 1. The van der Waals surface area contributed by atoms with E-state index >= 15 is 0 Å². The van der Waals surface area contributed by atoms with Crippen LogP contribution in [0.1, 0.15) is 72.1 Å². The smallest absolute Gasteiger partial charge is 0.182 e. The second-order valence-corrected chi connectivity index (χ2v) is 6.24. The highest BCUT2D eigenvalue weighted by Crippen LogP contribution is 2.27. The van der Waals surface area contributed by atoms with Crippen molar-refractivity contribution in [1.29, 1.82) is 0 Å². The van der Waals surface area contributed by atoms with E-state index in [0.717, 1.165) is 19.3 Å². The molecule has 1 aliphatic rings. The number of ether oxygens (including phenoxy) is 2. The molecule has 1 saturated heterocycles. The lowest BCUT2D eigenvalue weighted by Gasteiger charge is -2.37. The molecule has 0 aromatic heterocycles. The summed E-state index contributed by atoms with van der Waals surface area (Å²) in [4.78, 5) is 0. The molecule has 21 heavy (non-hydrogen) atoms. The van der Waals surface area contributed by atoms with Gasteiger partial charge in [-0.3, -0.25) is 0 Å². The topological polar surface area (TPSA) is 38.7 Å². The van der Waals surface area contributed by atoms with Crippen molar-refractivity contribution >= 4 is 0 Å². The van der Waals surface area contributed by atoms with Crippen LogP contribution in [-0.4, -0.2) is 30.2 Å². The van der Waals surface area contributed by atoms with Crippen molar-refractivity contribution in [2.45, 2.75) is 90.6 Å². The Morgan fingerprint density at radius 1 is 1.14 bits per heavy atom. The largest absolute Gasteiger partial charge is 0.373 e. The molecule has 1 fully saturated rings. The molecule has 1 unspecified atom stereocenters. The fourth-order valence-corrected chi connectivity index (χ4v) is 2.83. The molecule has 1 rings (SSSR count). The highest BCUT2D eigenvalue weighted by Gasteiger charge is 2.34. The number of hydrogen-bond acceptors (Lipinski definition) is 3. The molecular weight excluding hydrogens is 264 g/mol. The Hall–Kier alpha value is -0.380. The predicted molar refractivity (Wildman–Crippen MR) is 87.2 cm³/mol. The van der Waals surface area contributed by atoms with Gasteiger partial charge in [-0.15, -0.1) is 0 Å². The second-order valence-electron chi connectivity index (χ2n) is 6.24. The van der Waals surface area contributed by atoms with Crippen LogP contribution in [0.15, 0.2) is 12.2 Å². The van der Waals surface area contributed by atoms with Gasteiger partial charge in [0.1, 0.15) is 6.10 Å². The van der Waals surface area contributed by atoms with Gasteiger partial charge >= 0.3 is 0 Å². The molecule has 0 aromatic rings. The number of rotatable bonds is 10. The van der Waals surface area contributed by atoms with E-state index in [1.807, 2.05) is 0 Å². The van der Waals surface area contributed by atoms with Crippen molar-refractivity contribution < 1.29 is 14.6 Å². The molecule has 0 radical (unpaired) electrons. The van der Waals surface area contributed by atoms with Crippen LogP contribution in [0.4, 0.5) is 0 Å². The van der Waals surface area contributed by atoms with Crippen LogP contribution in [0.2, 0.25) is 0 Å². The maximum atomic E-state index is 10.1. The lowest BCUT2D eigenvalue weighted by atomic mass is 9.93. The molecule has 0 bridgehead atoms. The molecule has 0 amide bonds. The van der Waals surface area contributed by atoms with E-state index in [2.05, 4.69) is 32.9 Å². The molecule has 3 heteroatoms. The summed E-state index contributed by atoms with van der Waals surface area (Å²) in [7, 11) is 0. The number of hydrogen-bond donors (Lipinski definition) is 1. The molecule has 4 atom stereocenters. The normalized spacial score (nSPS) is 30.1. The number of aliphatic hydroxyl groups is 1. The Kier molecular flexibility index (Phi) is 9.98. The van der Waals surface area contributed by atoms with Crippen molar-refractivity contribution in [2.75, 3.05) is 6.61 Å². The van der Waals surface area contributed by atoms with Crippen molar-refractivity contribution in [1.82, 2.24) is 0 Å². The van der Waals surface area contributed by atoms with Crippen LogP contribution >= 0.6 is 0 Å². The van der Waals surface area contributed by atoms with Crippen molar-refractivity contribution in [3.63, 3.8) is 0 Å². The van der Waals surface area contributed by atoms with Gasteiger partial charge in [0.2, 0.25) is 0 Å². The Bertz CT molecular complexity index is 266. The van der Waals surface area contributed by atoms with Gasteiger partial charge in [0, 0.05) is 6.61 Å². The van der Waals surface area contributed by atoms with Crippen molar-refractivity contribution in [3.05, 3.63) is 12.2 Å². The van der Waals surface area contributed by atoms with Gasteiger partial charge in [-0.2, -0.15) is 0 Å². The minimum absolute atomic E-state index is 0.0344. The molecule has 124 valence electrons. The van der Waals surface area contributed by atoms with Crippen LogP contribution in [0.5, 0.6) is 0 Å². The third-order valence-corrected chi connectivity index (χ3v) is 4.10. The van der Waals surface area contributed by atoms with Crippen LogP contribution in [-0.2, 0) is 9.47 Å². The zero-order chi connectivity index (χ0) is 15.5. The van der Waals surface area contributed by atoms with Crippen LogP contribution < -0.4 is 0 Å². The zero-order valence-electron chi connectivity index (χ0n) is 14.1. The van der Waals surface area contributed by atoms with Gasteiger partial charge in [0.25, 0.3) is 0 Å². The lowest BCUT2D eigenvalue weighted by molar-refractivity contribution is -0.235. The molecule has 1 heterocycles. The van der Waals surface area contributed by atoms with E-state index < -0.39 is 6.29 Å². The zero-order valence-corrected chi connectivity index (χ0v) is 14.1. The first kappa shape index (κ1) is 18.7. The Morgan fingerprint density at radius 3 is 2.57 bits per heavy atom. The van der Waals surface area contributed by atoms with E-state index in [1.54, 1.807) is 0 Å². The average molecular weight is 298 g/mol. The quantitative estimate of drug-likeness (QED) is 0.478. The Morgan fingerprint density at radius 2 is 1.90 bits per heavy atom. The van der Waals surface area contributed by atoms with Gasteiger partial charge in [-0.05, 0) is 31.6 Å². The fraction of sp³-hybridized carbons (Fsp3) is 0.889. The summed E-state index contributed by atoms with van der Waals surface area (Å²) in [6.45, 7) is 7.14. The third-order valence-electron chi connectivity index (χ3n) is 4.10. The monoisotopic (exact) mass is 298 g/mol. The molecule has 0 saturated carbocycles. The van der Waals surface area contributed by atoms with E-state index in [9.17, 15) is 5.11 Å². The summed E-state index contributed by atoms with van der Waals surface area (Å²) in [5.74, 6) is 0.333. The first-order valence-electron chi connectivity index (χ1n) is 8.80. The summed E-state index contributed by atoms with van der Waals surface area (Å²) in [6, 6.07) is 0. The molecule has 0 aliphatic carbocycles. The summed E-state index contributed by atoms with van der Waals surface area (Å²) in [6.07, 6.45) is 13.0. The van der Waals surface area contributed by atoms with Gasteiger partial charge in [-0.1, -0.05) is 58.6 Å². The number of unbranched alkanes of at least 4 members (excludes halogenated alkanes) is 5. The number of allylic oxidation sites excluding steroid dienone is 1. The molecular formula is C18H34O3. The molecule has 1 N–H and O–H groups in total. The summed E-state index contributed by atoms with van der Waals surface area (Å²) in [5.41, 5.74) is 0. The molecule has 0 aromatic carbocycles. The first-order valence-corrected chi connectivity index (χ1v) is 8.80. The third kappa shape index (κ3) is 7.44. The standard InChI is InChI=1S/C18H34O3/c1-4-6-7-8-9-10-11-12-16-14-15(3)17(18(19)21-16)20-13-5-2/h11-12,15-19H,4-10,13-14H2,1-3H3/b12-11-/t15-,16?,17-,18+/m0/s1. The van der Waals surface area contributed by atoms with E-state index in [-0.39, 0.29) is 12.2 Å². The average Bonchev–Trinajstić information content (AvgIpc) is 2.45. The highest BCUT2D eigenvalue weighted by atomic mass is 16.6. The van der Waals surface area contributed by atoms with Gasteiger partial charge in [-0.25, -0.2) is 0 Å². The highest BCUT2D eigenvalue weighted by molar-refractivity contribution is 4.94. The summed E-state index contributed by atoms with van der Waals surface area (Å²) < 4.78 is 11.3. The SMILES string of the molecule is CCCCCCC/C=C\C1C[C@H](C)[C@H](OCCC)[C@H](O)O1. The minimum atomic E-state index is -0.792. The minimum Gasteiger partial charge on any atom is -0.373 e. The van der Waals surface area contributed by atoms with E-state index in [4.69, 9.17) is 9.47 Å². The van der Waals surface area contributed by atoms with E-state index in [1.165, 1.54) is 32.1 Å². The van der Waals surface area contributed by atoms with Crippen molar-refractivity contribution in [3.8, 4) is 0 Å². The maximum Gasteiger partial charge on any atom is 0.182 e. The van der Waals surface area contributed by atoms with Gasteiger partial charge < -0.3 is 14.6 Å².